The van der Waals surface area contributed by atoms with E-state index < -0.39 is 0 Å². The molecule has 0 bridgehead atoms. The van der Waals surface area contributed by atoms with Gasteiger partial charge in [0.05, 0.1) is 6.61 Å². The number of carbonyl (C=O) groups is 1. The smallest absolute Gasteiger partial charge is 0.147 e. The number of anilines is 1. The third-order valence-electron chi connectivity index (χ3n) is 1.97. The second-order valence-electron chi connectivity index (χ2n) is 3.20. The molecule has 0 heterocycles. The number of alkyl halides is 1. The highest BCUT2D eigenvalue weighted by atomic mass is 79.9. The fourth-order valence-corrected chi connectivity index (χ4v) is 1.64. The predicted octanol–water partition coefficient (Wildman–Crippen LogP) is 2.69. The Morgan fingerprint density at radius 1 is 1.60 bits per heavy atom. The van der Waals surface area contributed by atoms with Crippen molar-refractivity contribution in [2.45, 2.75) is 18.7 Å². The van der Waals surface area contributed by atoms with Crippen molar-refractivity contribution in [3.05, 3.63) is 23.8 Å². The molecular weight excluding hydrogens is 258 g/mol. The van der Waals surface area contributed by atoms with Crippen molar-refractivity contribution in [3.8, 4) is 5.75 Å². The van der Waals surface area contributed by atoms with E-state index >= 15 is 0 Å². The molecule has 1 rings (SSSR count). The number of Topliss-reactive ketones (excluding diaryl/α,β-unsaturated/α-hetero) is 1. The van der Waals surface area contributed by atoms with Gasteiger partial charge in [-0.15, -0.1) is 0 Å². The van der Waals surface area contributed by atoms with Gasteiger partial charge in [0, 0.05) is 17.3 Å². The van der Waals surface area contributed by atoms with Crippen LogP contribution in [0, 0.1) is 0 Å². The van der Waals surface area contributed by atoms with Crippen molar-refractivity contribution in [1.29, 1.82) is 0 Å². The third kappa shape index (κ3) is 2.96. The quantitative estimate of drug-likeness (QED) is 0.677. The number of hydrogen-bond donors (Lipinski definition) is 1. The Morgan fingerprint density at radius 2 is 2.27 bits per heavy atom. The summed E-state index contributed by atoms with van der Waals surface area (Å²) < 4.78 is 5.43. The number of carbonyl (C=O) groups excluding carboxylic acids is 1. The van der Waals surface area contributed by atoms with Gasteiger partial charge in [-0.2, -0.15) is 0 Å². The molecule has 0 aliphatic rings. The van der Waals surface area contributed by atoms with Crippen LogP contribution in [0.3, 0.4) is 0 Å². The van der Waals surface area contributed by atoms with Crippen molar-refractivity contribution in [2.24, 2.45) is 0 Å². The summed E-state index contributed by atoms with van der Waals surface area (Å²) in [5, 5.41) is 0. The molecule has 4 heteroatoms. The molecule has 3 nitrogen and oxygen atoms in total. The first-order chi connectivity index (χ1) is 7.06. The topological polar surface area (TPSA) is 52.3 Å². The van der Waals surface area contributed by atoms with Gasteiger partial charge >= 0.3 is 0 Å². The van der Waals surface area contributed by atoms with Gasteiger partial charge in [-0.25, -0.2) is 0 Å². The summed E-state index contributed by atoms with van der Waals surface area (Å²) in [5.74, 6) is 0.704. The lowest BCUT2D eigenvalue weighted by Gasteiger charge is -2.13. The minimum atomic E-state index is -0.334. The van der Waals surface area contributed by atoms with Crippen molar-refractivity contribution < 1.29 is 9.53 Å². The van der Waals surface area contributed by atoms with Crippen molar-refractivity contribution >= 4 is 27.4 Å². The van der Waals surface area contributed by atoms with Crippen LogP contribution in [0.2, 0.25) is 0 Å². The van der Waals surface area contributed by atoms with E-state index in [-0.39, 0.29) is 10.6 Å². The van der Waals surface area contributed by atoms with Crippen LogP contribution in [0.4, 0.5) is 5.69 Å². The molecule has 0 spiro atoms. The molecule has 1 aromatic carbocycles. The molecule has 1 unspecified atom stereocenters. The Kier molecular flexibility index (Phi) is 4.15. The maximum absolute atomic E-state index is 11.3. The number of nitrogens with two attached hydrogens (primary N) is 1. The maximum atomic E-state index is 11.3. The standard InChI is InChI=1S/C11H14BrNO2/c1-3-15-10-6-8(13)4-5-9(10)11(12)7(2)14/h4-6,11H,3,13H2,1-2H3. The summed E-state index contributed by atoms with van der Waals surface area (Å²) >= 11 is 3.33. The first-order valence-corrected chi connectivity index (χ1v) is 5.64. The monoisotopic (exact) mass is 271 g/mol. The van der Waals surface area contributed by atoms with E-state index in [0.29, 0.717) is 18.0 Å². The van der Waals surface area contributed by atoms with E-state index in [0.717, 1.165) is 5.56 Å². The van der Waals surface area contributed by atoms with Crippen molar-refractivity contribution in [2.75, 3.05) is 12.3 Å². The number of benzene rings is 1. The van der Waals surface area contributed by atoms with E-state index in [1.54, 1.807) is 18.2 Å². The molecule has 0 saturated heterocycles. The summed E-state index contributed by atoms with van der Waals surface area (Å²) in [6.45, 7) is 3.98. The first-order valence-electron chi connectivity index (χ1n) is 4.73. The van der Waals surface area contributed by atoms with Crippen LogP contribution in [0.5, 0.6) is 5.75 Å². The summed E-state index contributed by atoms with van der Waals surface area (Å²) in [6, 6.07) is 5.30. The molecule has 0 saturated carbocycles. The summed E-state index contributed by atoms with van der Waals surface area (Å²) in [6.07, 6.45) is 0. The lowest BCUT2D eigenvalue weighted by molar-refractivity contribution is -0.116. The van der Waals surface area contributed by atoms with E-state index in [1.165, 1.54) is 6.92 Å². The number of nitrogen functional groups attached to an aromatic ring is 1. The molecule has 0 fully saturated rings. The molecule has 0 aromatic heterocycles. The van der Waals surface area contributed by atoms with E-state index in [2.05, 4.69) is 15.9 Å². The Morgan fingerprint density at radius 3 is 2.80 bits per heavy atom. The van der Waals surface area contributed by atoms with Gasteiger partial charge < -0.3 is 10.5 Å². The first kappa shape index (κ1) is 12.0. The van der Waals surface area contributed by atoms with Gasteiger partial charge in [-0.05, 0) is 19.9 Å². The Balaban J connectivity index is 3.10. The fourth-order valence-electron chi connectivity index (χ4n) is 1.26. The molecule has 1 atom stereocenters. The second kappa shape index (κ2) is 5.16. The highest BCUT2D eigenvalue weighted by Gasteiger charge is 2.17. The van der Waals surface area contributed by atoms with Crippen LogP contribution in [-0.2, 0) is 4.79 Å². The molecular formula is C11H14BrNO2. The Hall–Kier alpha value is -1.03. The third-order valence-corrected chi connectivity index (χ3v) is 3.11. The molecule has 1 aromatic rings. The highest BCUT2D eigenvalue weighted by molar-refractivity contribution is 9.09. The van der Waals surface area contributed by atoms with E-state index in [4.69, 9.17) is 10.5 Å². The SMILES string of the molecule is CCOc1cc(N)ccc1C(Br)C(C)=O. The largest absolute Gasteiger partial charge is 0.493 e. The molecule has 0 radical (unpaired) electrons. The number of ether oxygens (including phenoxy) is 1. The molecule has 2 N–H and O–H groups in total. The van der Waals surface area contributed by atoms with Crippen LogP contribution in [-0.4, -0.2) is 12.4 Å². The van der Waals surface area contributed by atoms with Gasteiger partial charge in [0.2, 0.25) is 0 Å². The van der Waals surface area contributed by atoms with Gasteiger partial charge in [-0.1, -0.05) is 22.0 Å². The highest BCUT2D eigenvalue weighted by Crippen LogP contribution is 2.33. The molecule has 0 aliphatic carbocycles. The number of rotatable bonds is 4. The number of halogens is 1. The average molecular weight is 272 g/mol. The zero-order chi connectivity index (χ0) is 11.4. The molecule has 15 heavy (non-hydrogen) atoms. The van der Waals surface area contributed by atoms with Crippen LogP contribution in [0.25, 0.3) is 0 Å². The fraction of sp³-hybridized carbons (Fsp3) is 0.364. The van der Waals surface area contributed by atoms with Gasteiger partial charge in [0.15, 0.2) is 0 Å². The van der Waals surface area contributed by atoms with Gasteiger partial charge in [0.25, 0.3) is 0 Å². The molecule has 0 aliphatic heterocycles. The van der Waals surface area contributed by atoms with Gasteiger partial charge in [0.1, 0.15) is 16.4 Å². The van der Waals surface area contributed by atoms with Crippen LogP contribution in [0.15, 0.2) is 18.2 Å². The van der Waals surface area contributed by atoms with Crippen LogP contribution < -0.4 is 10.5 Å². The average Bonchev–Trinajstić information content (AvgIpc) is 2.17. The molecule has 82 valence electrons. The lowest BCUT2D eigenvalue weighted by atomic mass is 10.1. The Bertz CT molecular complexity index is 366. The van der Waals surface area contributed by atoms with Crippen LogP contribution >= 0.6 is 15.9 Å². The zero-order valence-corrected chi connectivity index (χ0v) is 10.4. The predicted molar refractivity (Wildman–Crippen MR) is 64.4 cm³/mol. The van der Waals surface area contributed by atoms with Crippen LogP contribution in [0.1, 0.15) is 24.2 Å². The summed E-state index contributed by atoms with van der Waals surface area (Å²) in [5.41, 5.74) is 7.10. The summed E-state index contributed by atoms with van der Waals surface area (Å²) in [4.78, 5) is 10.9. The number of hydrogen-bond acceptors (Lipinski definition) is 3. The maximum Gasteiger partial charge on any atom is 0.147 e. The second-order valence-corrected chi connectivity index (χ2v) is 4.12. The summed E-state index contributed by atoms with van der Waals surface area (Å²) in [7, 11) is 0. The Labute approximate surface area is 97.7 Å². The van der Waals surface area contributed by atoms with E-state index in [9.17, 15) is 4.79 Å². The zero-order valence-electron chi connectivity index (χ0n) is 8.79. The van der Waals surface area contributed by atoms with Gasteiger partial charge in [-0.3, -0.25) is 4.79 Å². The van der Waals surface area contributed by atoms with E-state index in [1.807, 2.05) is 6.92 Å². The van der Waals surface area contributed by atoms with Crippen molar-refractivity contribution in [1.82, 2.24) is 0 Å². The minimum Gasteiger partial charge on any atom is -0.493 e. The van der Waals surface area contributed by atoms with Crippen molar-refractivity contribution in [3.63, 3.8) is 0 Å². The minimum absolute atomic E-state index is 0.0423. The number of ketones is 1. The normalized spacial score (nSPS) is 12.2. The lowest BCUT2D eigenvalue weighted by Crippen LogP contribution is -2.05. The molecule has 0 amide bonds.